The van der Waals surface area contributed by atoms with Gasteiger partial charge in [0.05, 0.1) is 24.0 Å². The standard InChI is InChI=1S/C15H25N3O2/c1-5-17-15(19)11-6-7-13(12(16)8-11)18-14(9-20-4)10(2)3/h6-8,10,14,18H,5,9,16H2,1-4H3,(H,17,19). The Morgan fingerprint density at radius 3 is 2.60 bits per heavy atom. The summed E-state index contributed by atoms with van der Waals surface area (Å²) in [4.78, 5) is 11.7. The van der Waals surface area contributed by atoms with E-state index in [1.54, 1.807) is 19.2 Å². The molecule has 1 aromatic carbocycles. The van der Waals surface area contributed by atoms with Gasteiger partial charge < -0.3 is 21.1 Å². The number of nitrogen functional groups attached to an aromatic ring is 1. The summed E-state index contributed by atoms with van der Waals surface area (Å²) in [6.07, 6.45) is 0. The number of hydrogen-bond donors (Lipinski definition) is 3. The zero-order valence-corrected chi connectivity index (χ0v) is 12.7. The summed E-state index contributed by atoms with van der Waals surface area (Å²) in [5.74, 6) is 0.306. The predicted molar refractivity (Wildman–Crippen MR) is 83.0 cm³/mol. The van der Waals surface area contributed by atoms with Gasteiger partial charge in [0.1, 0.15) is 0 Å². The van der Waals surface area contributed by atoms with Crippen molar-refractivity contribution in [2.75, 3.05) is 31.3 Å². The van der Waals surface area contributed by atoms with E-state index < -0.39 is 0 Å². The number of methoxy groups -OCH3 is 1. The molecule has 1 amide bonds. The molecular weight excluding hydrogens is 254 g/mol. The van der Waals surface area contributed by atoms with Crippen molar-refractivity contribution < 1.29 is 9.53 Å². The minimum atomic E-state index is -0.108. The second-order valence-corrected chi connectivity index (χ2v) is 5.11. The van der Waals surface area contributed by atoms with Gasteiger partial charge in [0.25, 0.3) is 5.91 Å². The Hall–Kier alpha value is -1.75. The van der Waals surface area contributed by atoms with Crippen molar-refractivity contribution in [2.45, 2.75) is 26.8 Å². The number of anilines is 2. The summed E-state index contributed by atoms with van der Waals surface area (Å²) in [7, 11) is 1.68. The lowest BCUT2D eigenvalue weighted by atomic mass is 10.0. The van der Waals surface area contributed by atoms with Crippen molar-refractivity contribution in [3.63, 3.8) is 0 Å². The van der Waals surface area contributed by atoms with E-state index in [4.69, 9.17) is 10.5 Å². The number of carbonyl (C=O) groups excluding carboxylic acids is 1. The van der Waals surface area contributed by atoms with Crippen molar-refractivity contribution in [3.05, 3.63) is 23.8 Å². The number of benzene rings is 1. The van der Waals surface area contributed by atoms with E-state index in [0.717, 1.165) is 5.69 Å². The molecule has 5 heteroatoms. The number of amides is 1. The third kappa shape index (κ3) is 4.42. The van der Waals surface area contributed by atoms with E-state index in [-0.39, 0.29) is 11.9 Å². The first-order chi connectivity index (χ1) is 9.49. The first-order valence-electron chi connectivity index (χ1n) is 6.92. The van der Waals surface area contributed by atoms with Gasteiger partial charge in [-0.25, -0.2) is 0 Å². The molecule has 0 bridgehead atoms. The van der Waals surface area contributed by atoms with Crippen LogP contribution in [-0.2, 0) is 4.74 Å². The topological polar surface area (TPSA) is 76.4 Å². The van der Waals surface area contributed by atoms with Gasteiger partial charge in [-0.3, -0.25) is 4.79 Å². The normalized spacial score (nSPS) is 12.2. The molecule has 0 heterocycles. The Balaban J connectivity index is 2.84. The lowest BCUT2D eigenvalue weighted by Crippen LogP contribution is -2.30. The fourth-order valence-electron chi connectivity index (χ4n) is 1.88. The summed E-state index contributed by atoms with van der Waals surface area (Å²) in [5.41, 5.74) is 7.98. The molecule has 20 heavy (non-hydrogen) atoms. The van der Waals surface area contributed by atoms with E-state index in [9.17, 15) is 4.79 Å². The highest BCUT2D eigenvalue weighted by molar-refractivity contribution is 5.96. The second-order valence-electron chi connectivity index (χ2n) is 5.11. The maximum atomic E-state index is 11.7. The Labute approximate surface area is 120 Å². The van der Waals surface area contributed by atoms with Crippen molar-refractivity contribution >= 4 is 17.3 Å². The lowest BCUT2D eigenvalue weighted by molar-refractivity contribution is 0.0956. The molecule has 0 aliphatic heterocycles. The van der Waals surface area contributed by atoms with Gasteiger partial charge in [-0.05, 0) is 31.0 Å². The molecule has 0 aliphatic rings. The summed E-state index contributed by atoms with van der Waals surface area (Å²) in [6.45, 7) is 7.33. The van der Waals surface area contributed by atoms with Crippen LogP contribution in [-0.4, -0.2) is 32.2 Å². The smallest absolute Gasteiger partial charge is 0.251 e. The number of ether oxygens (including phenoxy) is 1. The largest absolute Gasteiger partial charge is 0.397 e. The maximum Gasteiger partial charge on any atom is 0.251 e. The quantitative estimate of drug-likeness (QED) is 0.668. The molecule has 1 unspecified atom stereocenters. The molecule has 1 atom stereocenters. The minimum absolute atomic E-state index is 0.108. The van der Waals surface area contributed by atoms with Crippen molar-refractivity contribution in [2.24, 2.45) is 5.92 Å². The van der Waals surface area contributed by atoms with Crippen LogP contribution in [0, 0.1) is 5.92 Å². The third-order valence-corrected chi connectivity index (χ3v) is 3.14. The highest BCUT2D eigenvalue weighted by Gasteiger charge is 2.15. The average molecular weight is 279 g/mol. The van der Waals surface area contributed by atoms with Gasteiger partial charge in [0, 0.05) is 19.2 Å². The molecule has 0 fully saturated rings. The first-order valence-corrected chi connectivity index (χ1v) is 6.92. The van der Waals surface area contributed by atoms with Crippen LogP contribution in [0.1, 0.15) is 31.1 Å². The average Bonchev–Trinajstić information content (AvgIpc) is 2.40. The van der Waals surface area contributed by atoms with Crippen molar-refractivity contribution in [1.29, 1.82) is 0 Å². The van der Waals surface area contributed by atoms with Gasteiger partial charge in [-0.2, -0.15) is 0 Å². The van der Waals surface area contributed by atoms with E-state index >= 15 is 0 Å². The molecule has 0 spiro atoms. The van der Waals surface area contributed by atoms with Crippen LogP contribution in [0.5, 0.6) is 0 Å². The Bertz CT molecular complexity index is 447. The van der Waals surface area contributed by atoms with E-state index in [1.165, 1.54) is 0 Å². The van der Waals surface area contributed by atoms with E-state index in [2.05, 4.69) is 24.5 Å². The lowest BCUT2D eigenvalue weighted by Gasteiger charge is -2.23. The highest BCUT2D eigenvalue weighted by Crippen LogP contribution is 2.22. The summed E-state index contributed by atoms with van der Waals surface area (Å²) in [5, 5.41) is 6.12. The zero-order valence-electron chi connectivity index (χ0n) is 12.7. The minimum Gasteiger partial charge on any atom is -0.397 e. The van der Waals surface area contributed by atoms with E-state index in [1.807, 2.05) is 13.0 Å². The molecule has 112 valence electrons. The molecule has 1 rings (SSSR count). The molecule has 0 saturated carbocycles. The van der Waals surface area contributed by atoms with Gasteiger partial charge in [-0.1, -0.05) is 13.8 Å². The number of carbonyl (C=O) groups is 1. The van der Waals surface area contributed by atoms with Crippen LogP contribution in [0.2, 0.25) is 0 Å². The molecular formula is C15H25N3O2. The number of hydrogen-bond acceptors (Lipinski definition) is 4. The van der Waals surface area contributed by atoms with Crippen molar-refractivity contribution in [3.8, 4) is 0 Å². The highest BCUT2D eigenvalue weighted by atomic mass is 16.5. The fourth-order valence-corrected chi connectivity index (χ4v) is 1.88. The SMILES string of the molecule is CCNC(=O)c1ccc(NC(COC)C(C)C)c(N)c1. The molecule has 4 N–H and O–H groups in total. The molecule has 5 nitrogen and oxygen atoms in total. The first kappa shape index (κ1) is 16.3. The summed E-state index contributed by atoms with van der Waals surface area (Å²) >= 11 is 0. The van der Waals surface area contributed by atoms with Crippen LogP contribution >= 0.6 is 0 Å². The van der Waals surface area contributed by atoms with Crippen molar-refractivity contribution in [1.82, 2.24) is 5.32 Å². The van der Waals surface area contributed by atoms with Crippen LogP contribution in [0.15, 0.2) is 18.2 Å². The number of nitrogens with two attached hydrogens (primary N) is 1. The Kier molecular flexibility index (Phi) is 6.31. The predicted octanol–water partition coefficient (Wildman–Crippen LogP) is 2.10. The second kappa shape index (κ2) is 7.75. The fraction of sp³-hybridized carbons (Fsp3) is 0.533. The number of rotatable bonds is 7. The summed E-state index contributed by atoms with van der Waals surface area (Å²) in [6, 6.07) is 5.48. The zero-order chi connectivity index (χ0) is 15.1. The monoisotopic (exact) mass is 279 g/mol. The van der Waals surface area contributed by atoms with E-state index in [0.29, 0.717) is 30.3 Å². The Morgan fingerprint density at radius 1 is 1.40 bits per heavy atom. The molecule has 0 aromatic heterocycles. The van der Waals surface area contributed by atoms with Crippen LogP contribution in [0.4, 0.5) is 11.4 Å². The third-order valence-electron chi connectivity index (χ3n) is 3.14. The van der Waals surface area contributed by atoms with Gasteiger partial charge >= 0.3 is 0 Å². The summed E-state index contributed by atoms with van der Waals surface area (Å²) < 4.78 is 5.20. The molecule has 0 aliphatic carbocycles. The Morgan fingerprint density at radius 2 is 2.10 bits per heavy atom. The molecule has 0 radical (unpaired) electrons. The molecule has 1 aromatic rings. The van der Waals surface area contributed by atoms with Gasteiger partial charge in [0.2, 0.25) is 0 Å². The van der Waals surface area contributed by atoms with Crippen LogP contribution in [0.25, 0.3) is 0 Å². The van der Waals surface area contributed by atoms with Gasteiger partial charge in [-0.15, -0.1) is 0 Å². The van der Waals surface area contributed by atoms with Crippen LogP contribution in [0.3, 0.4) is 0 Å². The maximum absolute atomic E-state index is 11.7. The van der Waals surface area contributed by atoms with Crippen LogP contribution < -0.4 is 16.4 Å². The van der Waals surface area contributed by atoms with Gasteiger partial charge in [0.15, 0.2) is 0 Å². The molecule has 0 saturated heterocycles. The number of nitrogens with one attached hydrogen (secondary N) is 2.